The Hall–Kier alpha value is -0.900. The van der Waals surface area contributed by atoms with Crippen LogP contribution in [-0.2, 0) is 6.54 Å². The molecule has 1 atom stereocenters. The molecule has 0 spiro atoms. The normalized spacial score (nSPS) is 27.1. The van der Waals surface area contributed by atoms with Gasteiger partial charge in [-0.2, -0.15) is 0 Å². The van der Waals surface area contributed by atoms with E-state index < -0.39 is 5.60 Å². The Kier molecular flexibility index (Phi) is 3.05. The summed E-state index contributed by atoms with van der Waals surface area (Å²) in [5.74, 6) is 0. The molecule has 0 amide bonds. The van der Waals surface area contributed by atoms with Crippen LogP contribution in [0.2, 0.25) is 0 Å². The Morgan fingerprint density at radius 3 is 2.67 bits per heavy atom. The second-order valence-corrected chi connectivity index (χ2v) is 4.37. The van der Waals surface area contributed by atoms with E-state index >= 15 is 0 Å². The van der Waals surface area contributed by atoms with Gasteiger partial charge in [-0.1, -0.05) is 30.3 Å². The van der Waals surface area contributed by atoms with Gasteiger partial charge in [-0.15, -0.1) is 0 Å². The van der Waals surface area contributed by atoms with Crippen LogP contribution in [0.1, 0.15) is 12.0 Å². The highest BCUT2D eigenvalue weighted by Crippen LogP contribution is 2.21. The zero-order valence-electron chi connectivity index (χ0n) is 8.89. The fourth-order valence-corrected chi connectivity index (χ4v) is 2.08. The second kappa shape index (κ2) is 4.31. The molecule has 3 heteroatoms. The maximum Gasteiger partial charge on any atom is 0.0907 e. The molecule has 82 valence electrons. The van der Waals surface area contributed by atoms with Crippen LogP contribution < -0.4 is 5.73 Å². The van der Waals surface area contributed by atoms with Gasteiger partial charge in [-0.3, -0.25) is 4.90 Å². The molecule has 1 aliphatic rings. The van der Waals surface area contributed by atoms with E-state index in [0.717, 1.165) is 19.5 Å². The fraction of sp³-hybridized carbons (Fsp3) is 0.500. The lowest BCUT2D eigenvalue weighted by molar-refractivity contribution is 0.0573. The molecule has 15 heavy (non-hydrogen) atoms. The fourth-order valence-electron chi connectivity index (χ4n) is 2.08. The minimum atomic E-state index is -0.658. The first-order valence-corrected chi connectivity index (χ1v) is 5.41. The summed E-state index contributed by atoms with van der Waals surface area (Å²) in [6.07, 6.45) is 0.788. The molecule has 1 aromatic carbocycles. The maximum atomic E-state index is 9.98. The van der Waals surface area contributed by atoms with E-state index in [1.54, 1.807) is 0 Å². The van der Waals surface area contributed by atoms with Crippen molar-refractivity contribution in [2.75, 3.05) is 19.6 Å². The van der Waals surface area contributed by atoms with E-state index in [9.17, 15) is 5.11 Å². The molecule has 0 aliphatic carbocycles. The molecular formula is C12H18N2O. The van der Waals surface area contributed by atoms with Gasteiger partial charge in [-0.25, -0.2) is 0 Å². The molecule has 0 aromatic heterocycles. The lowest BCUT2D eigenvalue weighted by Gasteiger charge is -2.21. The largest absolute Gasteiger partial charge is 0.387 e. The zero-order chi connectivity index (χ0) is 10.7. The standard InChI is InChI=1S/C12H18N2O/c13-9-12(15)6-7-14(10-12)8-11-4-2-1-3-5-11/h1-5,15H,6-10,13H2. The topological polar surface area (TPSA) is 49.5 Å². The maximum absolute atomic E-state index is 9.98. The second-order valence-electron chi connectivity index (χ2n) is 4.37. The van der Waals surface area contributed by atoms with E-state index in [1.165, 1.54) is 5.56 Å². The number of nitrogens with zero attached hydrogens (tertiary/aromatic N) is 1. The van der Waals surface area contributed by atoms with Crippen LogP contribution in [0.4, 0.5) is 0 Å². The van der Waals surface area contributed by atoms with Crippen LogP contribution in [0.5, 0.6) is 0 Å². The number of rotatable bonds is 3. The number of hydrogen-bond acceptors (Lipinski definition) is 3. The Balaban J connectivity index is 1.93. The third kappa shape index (κ3) is 2.56. The van der Waals surface area contributed by atoms with Crippen LogP contribution in [0.15, 0.2) is 30.3 Å². The highest BCUT2D eigenvalue weighted by Gasteiger charge is 2.34. The number of β-amino-alcohol motifs (C(OH)–C–C–N with tert-alkyl or cyclic N) is 1. The first kappa shape index (κ1) is 10.6. The van der Waals surface area contributed by atoms with E-state index in [4.69, 9.17) is 5.73 Å². The molecule has 0 radical (unpaired) electrons. The molecule has 1 aromatic rings. The van der Waals surface area contributed by atoms with Crippen molar-refractivity contribution in [1.82, 2.24) is 4.90 Å². The van der Waals surface area contributed by atoms with Gasteiger partial charge in [-0.05, 0) is 12.0 Å². The Morgan fingerprint density at radius 2 is 2.07 bits per heavy atom. The summed E-state index contributed by atoms with van der Waals surface area (Å²) in [5.41, 5.74) is 6.18. The first-order valence-electron chi connectivity index (χ1n) is 5.41. The third-order valence-corrected chi connectivity index (χ3v) is 3.04. The van der Waals surface area contributed by atoms with Crippen LogP contribution in [0.25, 0.3) is 0 Å². The molecule has 0 bridgehead atoms. The minimum absolute atomic E-state index is 0.359. The average molecular weight is 206 g/mol. The van der Waals surface area contributed by atoms with Crippen molar-refractivity contribution < 1.29 is 5.11 Å². The molecule has 3 N–H and O–H groups in total. The minimum Gasteiger partial charge on any atom is -0.387 e. The summed E-state index contributed by atoms with van der Waals surface area (Å²) in [5, 5.41) is 9.98. The van der Waals surface area contributed by atoms with Crippen LogP contribution >= 0.6 is 0 Å². The molecule has 0 saturated carbocycles. The van der Waals surface area contributed by atoms with Crippen molar-refractivity contribution in [3.8, 4) is 0 Å². The highest BCUT2D eigenvalue weighted by molar-refractivity contribution is 5.14. The van der Waals surface area contributed by atoms with Crippen LogP contribution in [0.3, 0.4) is 0 Å². The van der Waals surface area contributed by atoms with E-state index in [1.807, 2.05) is 18.2 Å². The SMILES string of the molecule is NCC1(O)CCN(Cc2ccccc2)C1. The number of benzene rings is 1. The van der Waals surface area contributed by atoms with Crippen molar-refractivity contribution in [1.29, 1.82) is 0 Å². The van der Waals surface area contributed by atoms with Crippen LogP contribution in [0, 0.1) is 0 Å². The number of aliphatic hydroxyl groups is 1. The monoisotopic (exact) mass is 206 g/mol. The van der Waals surface area contributed by atoms with Gasteiger partial charge in [0.2, 0.25) is 0 Å². The van der Waals surface area contributed by atoms with Crippen molar-refractivity contribution in [3.63, 3.8) is 0 Å². The molecular weight excluding hydrogens is 188 g/mol. The molecule has 2 rings (SSSR count). The van der Waals surface area contributed by atoms with Crippen LogP contribution in [-0.4, -0.2) is 35.2 Å². The van der Waals surface area contributed by atoms with Gasteiger partial charge < -0.3 is 10.8 Å². The number of likely N-dealkylation sites (tertiary alicyclic amines) is 1. The lowest BCUT2D eigenvalue weighted by Crippen LogP contribution is -2.40. The van der Waals surface area contributed by atoms with Gasteiger partial charge in [0, 0.05) is 26.2 Å². The summed E-state index contributed by atoms with van der Waals surface area (Å²) in [6, 6.07) is 10.3. The Labute approximate surface area is 90.5 Å². The van der Waals surface area contributed by atoms with Crippen molar-refractivity contribution >= 4 is 0 Å². The van der Waals surface area contributed by atoms with Crippen molar-refractivity contribution in [2.24, 2.45) is 5.73 Å². The summed E-state index contributed by atoms with van der Waals surface area (Å²) in [7, 11) is 0. The van der Waals surface area contributed by atoms with Gasteiger partial charge in [0.05, 0.1) is 5.60 Å². The molecule has 3 nitrogen and oxygen atoms in total. The quantitative estimate of drug-likeness (QED) is 0.760. The van der Waals surface area contributed by atoms with Crippen molar-refractivity contribution in [2.45, 2.75) is 18.6 Å². The zero-order valence-corrected chi connectivity index (χ0v) is 8.89. The number of hydrogen-bond donors (Lipinski definition) is 2. The average Bonchev–Trinajstić information content (AvgIpc) is 2.63. The predicted molar refractivity (Wildman–Crippen MR) is 60.3 cm³/mol. The first-order chi connectivity index (χ1) is 7.22. The van der Waals surface area contributed by atoms with E-state index in [2.05, 4.69) is 17.0 Å². The summed E-state index contributed by atoms with van der Waals surface area (Å²) in [6.45, 7) is 2.89. The van der Waals surface area contributed by atoms with E-state index in [0.29, 0.717) is 13.1 Å². The Morgan fingerprint density at radius 1 is 1.33 bits per heavy atom. The number of nitrogens with two attached hydrogens (primary N) is 1. The highest BCUT2D eigenvalue weighted by atomic mass is 16.3. The van der Waals surface area contributed by atoms with Crippen molar-refractivity contribution in [3.05, 3.63) is 35.9 Å². The van der Waals surface area contributed by atoms with Gasteiger partial charge >= 0.3 is 0 Å². The molecule has 1 aliphatic heterocycles. The van der Waals surface area contributed by atoms with Gasteiger partial charge in [0.25, 0.3) is 0 Å². The van der Waals surface area contributed by atoms with E-state index in [-0.39, 0.29) is 0 Å². The molecule has 1 fully saturated rings. The lowest BCUT2D eigenvalue weighted by atomic mass is 10.0. The summed E-state index contributed by atoms with van der Waals surface area (Å²) in [4.78, 5) is 2.25. The third-order valence-electron chi connectivity index (χ3n) is 3.04. The summed E-state index contributed by atoms with van der Waals surface area (Å²) >= 11 is 0. The smallest absolute Gasteiger partial charge is 0.0907 e. The Bertz CT molecular complexity index is 315. The predicted octanol–water partition coefficient (Wildman–Crippen LogP) is 0.582. The molecule has 1 heterocycles. The molecule has 1 saturated heterocycles. The van der Waals surface area contributed by atoms with Gasteiger partial charge in [0.15, 0.2) is 0 Å². The van der Waals surface area contributed by atoms with Gasteiger partial charge in [0.1, 0.15) is 0 Å². The molecule has 1 unspecified atom stereocenters. The summed E-state index contributed by atoms with van der Waals surface area (Å²) < 4.78 is 0.